The lowest BCUT2D eigenvalue weighted by Crippen LogP contribution is -1.97. The molecule has 2 aromatic carbocycles. The van der Waals surface area contributed by atoms with E-state index in [1.807, 2.05) is 54.6 Å². The Hall–Kier alpha value is -2.22. The third kappa shape index (κ3) is 3.62. The van der Waals surface area contributed by atoms with Gasteiger partial charge in [-0.2, -0.15) is 0 Å². The van der Waals surface area contributed by atoms with E-state index in [1.165, 1.54) is 0 Å². The second-order valence-electron chi connectivity index (χ2n) is 4.09. The molecule has 2 heteroatoms. The van der Waals surface area contributed by atoms with E-state index >= 15 is 0 Å². The molecule has 0 aliphatic heterocycles. The van der Waals surface area contributed by atoms with Gasteiger partial charge in [0.1, 0.15) is 6.61 Å². The van der Waals surface area contributed by atoms with Gasteiger partial charge in [-0.3, -0.25) is 0 Å². The van der Waals surface area contributed by atoms with Gasteiger partial charge in [-0.25, -0.2) is 0 Å². The van der Waals surface area contributed by atoms with Crippen molar-refractivity contribution in [3.8, 4) is 11.5 Å². The highest BCUT2D eigenvalue weighted by molar-refractivity contribution is 5.56. The van der Waals surface area contributed by atoms with E-state index in [2.05, 4.69) is 6.92 Å². The van der Waals surface area contributed by atoms with Crippen LogP contribution in [0.25, 0.3) is 6.08 Å². The summed E-state index contributed by atoms with van der Waals surface area (Å²) in [5, 5.41) is 0. The maximum atomic E-state index is 5.78. The van der Waals surface area contributed by atoms with Crippen LogP contribution >= 0.6 is 0 Å². The summed E-state index contributed by atoms with van der Waals surface area (Å²) in [6, 6.07) is 15.9. The maximum absolute atomic E-state index is 5.78. The molecule has 1 radical (unpaired) electrons. The predicted octanol–water partition coefficient (Wildman–Crippen LogP) is 4.12. The molecule has 0 saturated carbocycles. The van der Waals surface area contributed by atoms with Gasteiger partial charge in [-0.15, -0.1) is 0 Å². The Labute approximate surface area is 114 Å². The van der Waals surface area contributed by atoms with Crippen LogP contribution in [0, 0.1) is 6.92 Å². The fraction of sp³-hybridized carbons (Fsp3) is 0.118. The second-order valence-corrected chi connectivity index (χ2v) is 4.09. The number of hydrogen-bond donors (Lipinski definition) is 0. The van der Waals surface area contributed by atoms with E-state index in [9.17, 15) is 0 Å². The van der Waals surface area contributed by atoms with Crippen molar-refractivity contribution in [2.45, 2.75) is 6.61 Å². The molecule has 0 saturated heterocycles. The third-order valence-electron chi connectivity index (χ3n) is 2.74. The molecule has 19 heavy (non-hydrogen) atoms. The van der Waals surface area contributed by atoms with Gasteiger partial charge in [0.05, 0.1) is 7.11 Å². The molecule has 0 aliphatic carbocycles. The Bertz CT molecular complexity index is 544. The van der Waals surface area contributed by atoms with E-state index in [1.54, 1.807) is 13.2 Å². The fourth-order valence-corrected chi connectivity index (χ4v) is 1.78. The molecule has 2 nitrogen and oxygen atoms in total. The fourth-order valence-electron chi connectivity index (χ4n) is 1.78. The molecule has 0 aliphatic rings. The van der Waals surface area contributed by atoms with Crippen LogP contribution in [0.3, 0.4) is 0 Å². The Balaban J connectivity index is 2.11. The quantitative estimate of drug-likeness (QED) is 0.798. The lowest BCUT2D eigenvalue weighted by molar-refractivity contribution is 0.284. The van der Waals surface area contributed by atoms with E-state index in [-0.39, 0.29) is 0 Å². The molecule has 0 fully saturated rings. The minimum atomic E-state index is 0.529. The Morgan fingerprint density at radius 3 is 2.53 bits per heavy atom. The highest BCUT2D eigenvalue weighted by Crippen LogP contribution is 2.29. The van der Waals surface area contributed by atoms with Crippen LogP contribution in [0.2, 0.25) is 0 Å². The molecule has 0 amide bonds. The van der Waals surface area contributed by atoms with Crippen molar-refractivity contribution >= 4 is 6.08 Å². The number of rotatable bonds is 5. The molecule has 0 spiro atoms. The molecule has 0 unspecified atom stereocenters. The summed E-state index contributed by atoms with van der Waals surface area (Å²) in [7, 11) is 1.64. The van der Waals surface area contributed by atoms with Crippen LogP contribution in [-0.2, 0) is 6.61 Å². The van der Waals surface area contributed by atoms with Crippen LogP contribution < -0.4 is 9.47 Å². The number of benzene rings is 2. The minimum Gasteiger partial charge on any atom is -0.493 e. The highest BCUT2D eigenvalue weighted by Gasteiger charge is 2.04. The molecule has 0 heterocycles. The number of allylic oxidation sites excluding steroid dienone is 1. The third-order valence-corrected chi connectivity index (χ3v) is 2.74. The average molecular weight is 253 g/mol. The summed E-state index contributed by atoms with van der Waals surface area (Å²) in [5.41, 5.74) is 2.17. The Kier molecular flexibility index (Phi) is 4.62. The normalized spacial score (nSPS) is 10.6. The first-order valence-electron chi connectivity index (χ1n) is 6.14. The summed E-state index contributed by atoms with van der Waals surface area (Å²) in [4.78, 5) is 0. The number of ether oxygens (including phenoxy) is 2. The van der Waals surface area contributed by atoms with Crippen LogP contribution in [0.1, 0.15) is 11.1 Å². The van der Waals surface area contributed by atoms with Crippen molar-refractivity contribution in [2.75, 3.05) is 7.11 Å². The highest BCUT2D eigenvalue weighted by atomic mass is 16.5. The lowest BCUT2D eigenvalue weighted by Gasteiger charge is -2.11. The van der Waals surface area contributed by atoms with E-state index in [0.29, 0.717) is 6.61 Å². The SMILES string of the molecule is [CH2]/C=C/c1ccc(OCc2ccccc2)c(OC)c1. The zero-order valence-corrected chi connectivity index (χ0v) is 11.0. The summed E-state index contributed by atoms with van der Waals surface area (Å²) in [6.07, 6.45) is 3.67. The van der Waals surface area contributed by atoms with Crippen molar-refractivity contribution in [1.82, 2.24) is 0 Å². The van der Waals surface area contributed by atoms with Crippen molar-refractivity contribution in [1.29, 1.82) is 0 Å². The molecule has 2 rings (SSSR count). The van der Waals surface area contributed by atoms with Gasteiger partial charge < -0.3 is 9.47 Å². The largest absolute Gasteiger partial charge is 0.493 e. The van der Waals surface area contributed by atoms with Crippen LogP contribution in [-0.4, -0.2) is 7.11 Å². The van der Waals surface area contributed by atoms with Crippen molar-refractivity contribution < 1.29 is 9.47 Å². The lowest BCUT2D eigenvalue weighted by atomic mass is 10.2. The first kappa shape index (κ1) is 13.2. The topological polar surface area (TPSA) is 18.5 Å². The molecule has 0 aromatic heterocycles. The minimum absolute atomic E-state index is 0.529. The van der Waals surface area contributed by atoms with Crippen LogP contribution in [0.5, 0.6) is 11.5 Å². The van der Waals surface area contributed by atoms with Crippen LogP contribution in [0.15, 0.2) is 54.6 Å². The maximum Gasteiger partial charge on any atom is 0.161 e. The smallest absolute Gasteiger partial charge is 0.161 e. The van der Waals surface area contributed by atoms with E-state index in [4.69, 9.17) is 9.47 Å². The zero-order chi connectivity index (χ0) is 13.5. The van der Waals surface area contributed by atoms with E-state index in [0.717, 1.165) is 22.6 Å². The second kappa shape index (κ2) is 6.64. The van der Waals surface area contributed by atoms with Crippen LogP contribution in [0.4, 0.5) is 0 Å². The zero-order valence-electron chi connectivity index (χ0n) is 11.0. The summed E-state index contributed by atoms with van der Waals surface area (Å²) in [5.74, 6) is 1.47. The first-order chi connectivity index (χ1) is 9.33. The molecule has 0 atom stereocenters. The standard InChI is InChI=1S/C17H17O2/c1-3-7-14-10-11-16(17(12-14)18-2)19-13-15-8-5-4-6-9-15/h3-12H,1,13H2,2H3/b7-3+. The van der Waals surface area contributed by atoms with Crippen molar-refractivity contribution in [3.63, 3.8) is 0 Å². The summed E-state index contributed by atoms with van der Waals surface area (Å²) >= 11 is 0. The van der Waals surface area contributed by atoms with Crippen molar-refractivity contribution in [3.05, 3.63) is 72.7 Å². The summed E-state index contributed by atoms with van der Waals surface area (Å²) in [6.45, 7) is 4.21. The molecular weight excluding hydrogens is 236 g/mol. The van der Waals surface area contributed by atoms with E-state index < -0.39 is 0 Å². The summed E-state index contributed by atoms with van der Waals surface area (Å²) < 4.78 is 11.1. The molecular formula is C17H17O2. The predicted molar refractivity (Wildman–Crippen MR) is 78.2 cm³/mol. The molecule has 2 aromatic rings. The molecule has 0 bridgehead atoms. The average Bonchev–Trinajstić information content (AvgIpc) is 2.47. The van der Waals surface area contributed by atoms with Gasteiger partial charge in [0, 0.05) is 0 Å². The van der Waals surface area contributed by atoms with Crippen molar-refractivity contribution in [2.24, 2.45) is 0 Å². The number of methoxy groups -OCH3 is 1. The van der Waals surface area contributed by atoms with Gasteiger partial charge in [-0.1, -0.05) is 48.6 Å². The molecule has 97 valence electrons. The first-order valence-corrected chi connectivity index (χ1v) is 6.14. The molecule has 0 N–H and O–H groups in total. The van der Waals surface area contributed by atoms with Gasteiger partial charge in [0.15, 0.2) is 11.5 Å². The Morgan fingerprint density at radius 2 is 1.84 bits per heavy atom. The number of hydrogen-bond acceptors (Lipinski definition) is 2. The van der Waals surface area contributed by atoms with Gasteiger partial charge >= 0.3 is 0 Å². The van der Waals surface area contributed by atoms with Gasteiger partial charge in [0.25, 0.3) is 0 Å². The van der Waals surface area contributed by atoms with Gasteiger partial charge in [0.2, 0.25) is 0 Å². The monoisotopic (exact) mass is 253 g/mol. The Morgan fingerprint density at radius 1 is 1.05 bits per heavy atom. The van der Waals surface area contributed by atoms with Gasteiger partial charge in [-0.05, 0) is 30.2 Å².